The van der Waals surface area contributed by atoms with Gasteiger partial charge in [-0.3, -0.25) is 9.59 Å². The molecule has 2 fully saturated rings. The normalized spacial score (nSPS) is 28.3. The highest BCUT2D eigenvalue weighted by molar-refractivity contribution is 5.83. The molecule has 0 bridgehead atoms. The zero-order valence-electron chi connectivity index (χ0n) is 13.4. The number of amides is 2. The van der Waals surface area contributed by atoms with Crippen LogP contribution in [0.4, 0.5) is 0 Å². The minimum absolute atomic E-state index is 0.0101. The first-order valence-electron chi connectivity index (χ1n) is 8.53. The lowest BCUT2D eigenvalue weighted by Crippen LogP contribution is -2.42. The fourth-order valence-electron chi connectivity index (χ4n) is 3.92. The highest BCUT2D eigenvalue weighted by atomic mass is 16.2. The van der Waals surface area contributed by atoms with E-state index in [1.807, 2.05) is 35.2 Å². The van der Waals surface area contributed by atoms with E-state index in [0.717, 1.165) is 24.8 Å². The highest BCUT2D eigenvalue weighted by Gasteiger charge is 2.38. The summed E-state index contributed by atoms with van der Waals surface area (Å²) in [7, 11) is 0. The van der Waals surface area contributed by atoms with E-state index in [0.29, 0.717) is 26.1 Å². The van der Waals surface area contributed by atoms with Gasteiger partial charge in [-0.25, -0.2) is 0 Å². The molecule has 124 valence electrons. The average molecular weight is 315 g/mol. The second-order valence-corrected chi connectivity index (χ2v) is 6.55. The molecule has 1 aliphatic heterocycles. The maximum absolute atomic E-state index is 13.1. The largest absolute Gasteiger partial charge is 0.354 e. The van der Waals surface area contributed by atoms with Gasteiger partial charge in [0.05, 0.1) is 12.5 Å². The van der Waals surface area contributed by atoms with E-state index < -0.39 is 0 Å². The van der Waals surface area contributed by atoms with Gasteiger partial charge in [0.2, 0.25) is 11.8 Å². The molecule has 1 aliphatic carbocycles. The molecule has 2 aliphatic rings. The molecule has 23 heavy (non-hydrogen) atoms. The summed E-state index contributed by atoms with van der Waals surface area (Å²) in [4.78, 5) is 27.1. The Labute approximate surface area is 137 Å². The summed E-state index contributed by atoms with van der Waals surface area (Å²) < 4.78 is 0. The minimum atomic E-state index is -0.176. The molecular weight excluding hydrogens is 290 g/mol. The summed E-state index contributed by atoms with van der Waals surface area (Å²) in [5.74, 6) is 0.476. The molecule has 0 spiro atoms. The molecule has 3 N–H and O–H groups in total. The van der Waals surface area contributed by atoms with Crippen molar-refractivity contribution in [1.82, 2.24) is 10.2 Å². The number of carbonyl (C=O) groups is 2. The third-order valence-corrected chi connectivity index (χ3v) is 5.18. The maximum atomic E-state index is 13.1. The number of benzene rings is 1. The first-order valence-corrected chi connectivity index (χ1v) is 8.53. The number of nitrogens with zero attached hydrogens (tertiary/aromatic N) is 1. The average Bonchev–Trinajstić information content (AvgIpc) is 2.97. The van der Waals surface area contributed by atoms with Crippen LogP contribution in [0, 0.1) is 11.8 Å². The van der Waals surface area contributed by atoms with Gasteiger partial charge in [0.1, 0.15) is 0 Å². The highest BCUT2D eigenvalue weighted by Crippen LogP contribution is 2.35. The molecule has 1 aromatic carbocycles. The SMILES string of the molecule is NC[C@H]1CCC[C@H]1C(=O)N1CCNC(=O)CC1c1ccccc1. The van der Waals surface area contributed by atoms with Crippen LogP contribution in [0.1, 0.15) is 37.3 Å². The molecule has 1 saturated carbocycles. The van der Waals surface area contributed by atoms with Gasteiger partial charge in [-0.1, -0.05) is 36.8 Å². The van der Waals surface area contributed by atoms with Gasteiger partial charge in [-0.2, -0.15) is 0 Å². The number of hydrogen-bond acceptors (Lipinski definition) is 3. The van der Waals surface area contributed by atoms with Gasteiger partial charge >= 0.3 is 0 Å². The molecular formula is C18H25N3O2. The van der Waals surface area contributed by atoms with Crippen molar-refractivity contribution in [2.24, 2.45) is 17.6 Å². The van der Waals surface area contributed by atoms with E-state index in [2.05, 4.69) is 5.32 Å². The summed E-state index contributed by atoms with van der Waals surface area (Å²) in [6, 6.07) is 9.69. The molecule has 5 heteroatoms. The Kier molecular flexibility index (Phi) is 4.96. The predicted molar refractivity (Wildman–Crippen MR) is 88.4 cm³/mol. The number of hydrogen-bond donors (Lipinski definition) is 2. The van der Waals surface area contributed by atoms with Crippen LogP contribution in [0.3, 0.4) is 0 Å². The van der Waals surface area contributed by atoms with Crippen LogP contribution in [0.25, 0.3) is 0 Å². The summed E-state index contributed by atoms with van der Waals surface area (Å²) in [6.45, 7) is 1.66. The molecule has 1 unspecified atom stereocenters. The Bertz CT molecular complexity index is 561. The lowest BCUT2D eigenvalue weighted by atomic mass is 9.92. The molecule has 0 aromatic heterocycles. The predicted octanol–water partition coefficient (Wildman–Crippen LogP) is 1.45. The Hall–Kier alpha value is -1.88. The van der Waals surface area contributed by atoms with Crippen molar-refractivity contribution in [3.63, 3.8) is 0 Å². The van der Waals surface area contributed by atoms with E-state index in [-0.39, 0.29) is 29.7 Å². The first kappa shape index (κ1) is 16.0. The van der Waals surface area contributed by atoms with Crippen molar-refractivity contribution in [3.8, 4) is 0 Å². The van der Waals surface area contributed by atoms with Gasteiger partial charge in [0.25, 0.3) is 0 Å². The number of rotatable bonds is 3. The Morgan fingerprint density at radius 1 is 1.26 bits per heavy atom. The monoisotopic (exact) mass is 315 g/mol. The Balaban J connectivity index is 1.87. The Morgan fingerprint density at radius 2 is 2.04 bits per heavy atom. The van der Waals surface area contributed by atoms with Crippen LogP contribution in [0.2, 0.25) is 0 Å². The van der Waals surface area contributed by atoms with Crippen molar-refractivity contribution in [1.29, 1.82) is 0 Å². The van der Waals surface area contributed by atoms with Crippen molar-refractivity contribution in [3.05, 3.63) is 35.9 Å². The lowest BCUT2D eigenvalue weighted by molar-refractivity contribution is -0.139. The fourth-order valence-corrected chi connectivity index (χ4v) is 3.92. The number of carbonyl (C=O) groups excluding carboxylic acids is 2. The smallest absolute Gasteiger partial charge is 0.226 e. The van der Waals surface area contributed by atoms with Crippen molar-refractivity contribution in [2.75, 3.05) is 19.6 Å². The molecule has 3 rings (SSSR count). The van der Waals surface area contributed by atoms with Crippen LogP contribution >= 0.6 is 0 Å². The molecule has 5 nitrogen and oxygen atoms in total. The zero-order chi connectivity index (χ0) is 16.2. The van der Waals surface area contributed by atoms with Crippen LogP contribution in [-0.2, 0) is 9.59 Å². The summed E-state index contributed by atoms with van der Waals surface area (Å²) in [5.41, 5.74) is 6.88. The van der Waals surface area contributed by atoms with Gasteiger partial charge in [-0.15, -0.1) is 0 Å². The van der Waals surface area contributed by atoms with E-state index in [4.69, 9.17) is 5.73 Å². The van der Waals surface area contributed by atoms with Crippen molar-refractivity contribution >= 4 is 11.8 Å². The number of nitrogens with two attached hydrogens (primary N) is 1. The van der Waals surface area contributed by atoms with Crippen molar-refractivity contribution in [2.45, 2.75) is 31.7 Å². The van der Waals surface area contributed by atoms with Gasteiger partial charge in [-0.05, 0) is 30.9 Å². The van der Waals surface area contributed by atoms with Crippen LogP contribution in [-0.4, -0.2) is 36.3 Å². The van der Waals surface area contributed by atoms with E-state index in [1.54, 1.807) is 0 Å². The van der Waals surface area contributed by atoms with Gasteiger partial charge in [0.15, 0.2) is 0 Å². The van der Waals surface area contributed by atoms with Crippen molar-refractivity contribution < 1.29 is 9.59 Å². The molecule has 3 atom stereocenters. The van der Waals surface area contributed by atoms with E-state index >= 15 is 0 Å². The standard InChI is InChI=1S/C18H25N3O2/c19-12-14-7-4-8-15(14)18(23)21-10-9-20-17(22)11-16(21)13-5-2-1-3-6-13/h1-3,5-6,14-16H,4,7-12,19H2,(H,20,22)/t14-,15-,16?/m1/s1. The zero-order valence-corrected chi connectivity index (χ0v) is 13.4. The number of nitrogens with one attached hydrogen (secondary N) is 1. The molecule has 2 amide bonds. The van der Waals surface area contributed by atoms with Gasteiger partial charge < -0.3 is 16.0 Å². The summed E-state index contributed by atoms with van der Waals surface area (Å²) >= 11 is 0. The maximum Gasteiger partial charge on any atom is 0.226 e. The second-order valence-electron chi connectivity index (χ2n) is 6.55. The topological polar surface area (TPSA) is 75.4 Å². The van der Waals surface area contributed by atoms with E-state index in [9.17, 15) is 9.59 Å². The molecule has 1 heterocycles. The van der Waals surface area contributed by atoms with Crippen LogP contribution in [0.5, 0.6) is 0 Å². The second kappa shape index (κ2) is 7.13. The first-order chi connectivity index (χ1) is 11.2. The molecule has 0 radical (unpaired) electrons. The van der Waals surface area contributed by atoms with Crippen LogP contribution < -0.4 is 11.1 Å². The third-order valence-electron chi connectivity index (χ3n) is 5.18. The quantitative estimate of drug-likeness (QED) is 0.886. The molecule has 1 saturated heterocycles. The summed E-state index contributed by atoms with van der Waals surface area (Å²) in [5, 5.41) is 2.89. The summed E-state index contributed by atoms with van der Waals surface area (Å²) in [6.07, 6.45) is 3.35. The molecule has 1 aromatic rings. The Morgan fingerprint density at radius 3 is 2.78 bits per heavy atom. The van der Waals surface area contributed by atoms with Crippen LogP contribution in [0.15, 0.2) is 30.3 Å². The minimum Gasteiger partial charge on any atom is -0.354 e. The lowest BCUT2D eigenvalue weighted by Gasteiger charge is -2.33. The van der Waals surface area contributed by atoms with E-state index in [1.165, 1.54) is 0 Å². The van der Waals surface area contributed by atoms with Gasteiger partial charge in [0, 0.05) is 19.0 Å². The fraction of sp³-hybridized carbons (Fsp3) is 0.556. The third kappa shape index (κ3) is 3.39.